The Hall–Kier alpha value is -0.870. The minimum atomic E-state index is 0.188. The van der Waals surface area contributed by atoms with Gasteiger partial charge in [0.05, 0.1) is 0 Å². The third-order valence-corrected chi connectivity index (χ3v) is 4.45. The van der Waals surface area contributed by atoms with Crippen LogP contribution in [0.15, 0.2) is 28.7 Å². The van der Waals surface area contributed by atoms with Gasteiger partial charge in [0.1, 0.15) is 0 Å². The lowest BCUT2D eigenvalue weighted by Crippen LogP contribution is -2.42. The van der Waals surface area contributed by atoms with Crippen LogP contribution in [0.4, 0.5) is 0 Å². The molecule has 2 fully saturated rings. The van der Waals surface area contributed by atoms with Gasteiger partial charge in [0.15, 0.2) is 0 Å². The van der Waals surface area contributed by atoms with Crippen molar-refractivity contribution in [1.29, 1.82) is 0 Å². The molecule has 2 aliphatic heterocycles. The van der Waals surface area contributed by atoms with E-state index in [0.717, 1.165) is 42.4 Å². The van der Waals surface area contributed by atoms with Crippen LogP contribution in [0, 0.1) is 0 Å². The largest absolute Gasteiger partial charge is 0.331 e. The van der Waals surface area contributed by atoms with Crippen LogP contribution >= 0.6 is 15.9 Å². The molecule has 1 aromatic rings. The second-order valence-electron chi connectivity index (χ2n) is 5.10. The maximum absolute atomic E-state index is 12.6. The van der Waals surface area contributed by atoms with Crippen LogP contribution in [-0.4, -0.2) is 36.0 Å². The number of hydrogen-bond donors (Lipinski definition) is 1. The second-order valence-corrected chi connectivity index (χ2v) is 6.02. The molecule has 0 spiro atoms. The first-order chi connectivity index (χ1) is 8.75. The lowest BCUT2D eigenvalue weighted by Gasteiger charge is -2.28. The molecule has 1 aromatic carbocycles. The van der Waals surface area contributed by atoms with Crippen molar-refractivity contribution in [1.82, 2.24) is 10.2 Å². The van der Waals surface area contributed by atoms with Crippen molar-refractivity contribution in [2.24, 2.45) is 0 Å². The van der Waals surface area contributed by atoms with Gasteiger partial charge < -0.3 is 10.2 Å². The number of fused-ring (bicyclic) bond motifs is 2. The van der Waals surface area contributed by atoms with E-state index in [4.69, 9.17) is 0 Å². The fraction of sp³-hybridized carbons (Fsp3) is 0.500. The monoisotopic (exact) mass is 308 g/mol. The molecular weight excluding hydrogens is 292 g/mol. The molecule has 2 aliphatic rings. The molecule has 1 amide bonds. The number of benzene rings is 1. The van der Waals surface area contributed by atoms with Gasteiger partial charge in [0.2, 0.25) is 0 Å². The highest BCUT2D eigenvalue weighted by atomic mass is 79.9. The third-order valence-electron chi connectivity index (χ3n) is 3.96. The zero-order valence-electron chi connectivity index (χ0n) is 10.2. The van der Waals surface area contributed by atoms with Crippen molar-refractivity contribution in [2.45, 2.75) is 31.3 Å². The van der Waals surface area contributed by atoms with Gasteiger partial charge in [0, 0.05) is 28.7 Å². The molecule has 0 aromatic heterocycles. The molecule has 0 radical (unpaired) electrons. The van der Waals surface area contributed by atoms with Crippen LogP contribution in [0.2, 0.25) is 0 Å². The zero-order chi connectivity index (χ0) is 12.5. The maximum atomic E-state index is 12.6. The normalized spacial score (nSPS) is 27.1. The summed E-state index contributed by atoms with van der Waals surface area (Å²) in [7, 11) is 0. The summed E-state index contributed by atoms with van der Waals surface area (Å²) >= 11 is 3.43. The Labute approximate surface area is 116 Å². The number of carbonyl (C=O) groups excluding carboxylic acids is 1. The van der Waals surface area contributed by atoms with Gasteiger partial charge in [-0.3, -0.25) is 4.79 Å². The molecule has 2 heterocycles. The molecule has 4 heteroatoms. The summed E-state index contributed by atoms with van der Waals surface area (Å²) in [6, 6.07) is 8.51. The van der Waals surface area contributed by atoms with E-state index in [0.29, 0.717) is 12.1 Å². The lowest BCUT2D eigenvalue weighted by atomic mass is 10.1. The number of rotatable bonds is 1. The van der Waals surface area contributed by atoms with Crippen LogP contribution < -0.4 is 5.32 Å². The van der Waals surface area contributed by atoms with E-state index in [-0.39, 0.29) is 5.91 Å². The van der Waals surface area contributed by atoms with Crippen molar-refractivity contribution in [2.75, 3.05) is 13.1 Å². The Morgan fingerprint density at radius 2 is 2.11 bits per heavy atom. The molecule has 2 unspecified atom stereocenters. The molecule has 96 valence electrons. The Morgan fingerprint density at radius 3 is 2.94 bits per heavy atom. The summed E-state index contributed by atoms with van der Waals surface area (Å²) in [6.45, 7) is 1.97. The van der Waals surface area contributed by atoms with Crippen molar-refractivity contribution in [3.05, 3.63) is 34.3 Å². The molecule has 0 aliphatic carbocycles. The van der Waals surface area contributed by atoms with Crippen LogP contribution in [0.1, 0.15) is 29.6 Å². The van der Waals surface area contributed by atoms with Crippen molar-refractivity contribution in [3.8, 4) is 0 Å². The molecule has 2 saturated heterocycles. The molecule has 18 heavy (non-hydrogen) atoms. The predicted octanol–water partition coefficient (Wildman–Crippen LogP) is 2.42. The molecule has 0 saturated carbocycles. The van der Waals surface area contributed by atoms with E-state index in [9.17, 15) is 4.79 Å². The second kappa shape index (κ2) is 5.02. The van der Waals surface area contributed by atoms with Gasteiger partial charge in [-0.1, -0.05) is 22.0 Å². The van der Waals surface area contributed by atoms with E-state index in [2.05, 4.69) is 26.1 Å². The Kier molecular flexibility index (Phi) is 3.39. The standard InChI is InChI=1S/C14H17BrN2O/c15-11-3-1-2-10(8-11)14(18)17-12-4-5-13(17)9-16-7-6-12/h1-3,8,12-13,16H,4-7,9H2. The number of carbonyl (C=O) groups is 1. The first-order valence-electron chi connectivity index (χ1n) is 6.54. The number of nitrogens with zero attached hydrogens (tertiary/aromatic N) is 1. The smallest absolute Gasteiger partial charge is 0.254 e. The van der Waals surface area contributed by atoms with Crippen LogP contribution in [-0.2, 0) is 0 Å². The maximum Gasteiger partial charge on any atom is 0.254 e. The third kappa shape index (κ3) is 2.19. The quantitative estimate of drug-likeness (QED) is 0.864. The Bertz CT molecular complexity index is 449. The van der Waals surface area contributed by atoms with Crippen LogP contribution in [0.25, 0.3) is 0 Å². The number of nitrogens with one attached hydrogen (secondary N) is 1. The first kappa shape index (κ1) is 12.2. The average molecular weight is 309 g/mol. The summed E-state index contributed by atoms with van der Waals surface area (Å²) in [5.41, 5.74) is 0.795. The van der Waals surface area contributed by atoms with Gasteiger partial charge in [-0.25, -0.2) is 0 Å². The minimum absolute atomic E-state index is 0.188. The highest BCUT2D eigenvalue weighted by Gasteiger charge is 2.38. The Balaban J connectivity index is 1.87. The number of amides is 1. The molecule has 3 nitrogen and oxygen atoms in total. The molecule has 2 bridgehead atoms. The van der Waals surface area contributed by atoms with Crippen molar-refractivity contribution < 1.29 is 4.79 Å². The van der Waals surface area contributed by atoms with Crippen LogP contribution in [0.5, 0.6) is 0 Å². The SMILES string of the molecule is O=C(c1cccc(Br)c1)N1C2CCNCC1CC2. The first-order valence-corrected chi connectivity index (χ1v) is 7.34. The number of halogens is 1. The van der Waals surface area contributed by atoms with Gasteiger partial charge >= 0.3 is 0 Å². The summed E-state index contributed by atoms with van der Waals surface area (Å²) in [5, 5.41) is 3.42. The molecule has 3 rings (SSSR count). The molecule has 1 N–H and O–H groups in total. The lowest BCUT2D eigenvalue weighted by molar-refractivity contribution is 0.0680. The summed E-state index contributed by atoms with van der Waals surface area (Å²) in [5.74, 6) is 0.188. The number of hydrogen-bond acceptors (Lipinski definition) is 2. The van der Waals surface area contributed by atoms with Gasteiger partial charge in [0.25, 0.3) is 5.91 Å². The van der Waals surface area contributed by atoms with E-state index in [1.54, 1.807) is 0 Å². The summed E-state index contributed by atoms with van der Waals surface area (Å²) in [4.78, 5) is 14.8. The predicted molar refractivity (Wildman–Crippen MR) is 74.6 cm³/mol. The van der Waals surface area contributed by atoms with Gasteiger partial charge in [-0.05, 0) is 44.0 Å². The average Bonchev–Trinajstić information content (AvgIpc) is 2.62. The minimum Gasteiger partial charge on any atom is -0.331 e. The summed E-state index contributed by atoms with van der Waals surface area (Å²) in [6.07, 6.45) is 3.37. The van der Waals surface area contributed by atoms with E-state index in [1.807, 2.05) is 24.3 Å². The van der Waals surface area contributed by atoms with Gasteiger partial charge in [-0.2, -0.15) is 0 Å². The van der Waals surface area contributed by atoms with Crippen LogP contribution in [0.3, 0.4) is 0 Å². The van der Waals surface area contributed by atoms with Crippen molar-refractivity contribution >= 4 is 21.8 Å². The fourth-order valence-corrected chi connectivity index (χ4v) is 3.48. The Morgan fingerprint density at radius 1 is 1.28 bits per heavy atom. The fourth-order valence-electron chi connectivity index (χ4n) is 3.08. The van der Waals surface area contributed by atoms with Gasteiger partial charge in [-0.15, -0.1) is 0 Å². The van der Waals surface area contributed by atoms with Crippen molar-refractivity contribution in [3.63, 3.8) is 0 Å². The molecular formula is C14H17BrN2O. The molecule has 2 atom stereocenters. The zero-order valence-corrected chi connectivity index (χ0v) is 11.8. The topological polar surface area (TPSA) is 32.3 Å². The highest BCUT2D eigenvalue weighted by molar-refractivity contribution is 9.10. The van der Waals surface area contributed by atoms with E-state index in [1.165, 1.54) is 0 Å². The summed E-state index contributed by atoms with van der Waals surface area (Å²) < 4.78 is 0.966. The van der Waals surface area contributed by atoms with E-state index < -0.39 is 0 Å². The highest BCUT2D eigenvalue weighted by Crippen LogP contribution is 2.29. The van der Waals surface area contributed by atoms with E-state index >= 15 is 0 Å².